The van der Waals surface area contributed by atoms with Crippen LogP contribution in [0.2, 0.25) is 10.0 Å². The molecule has 0 unspecified atom stereocenters. The third-order valence-electron chi connectivity index (χ3n) is 3.46. The molecule has 2 aromatic carbocycles. The lowest BCUT2D eigenvalue weighted by Crippen LogP contribution is -2.22. The van der Waals surface area contributed by atoms with Crippen LogP contribution >= 0.6 is 23.2 Å². The lowest BCUT2D eigenvalue weighted by molar-refractivity contribution is -0.134. The monoisotopic (exact) mass is 365 g/mol. The number of ether oxygens (including phenoxy) is 1. The Morgan fingerprint density at radius 1 is 1.04 bits per heavy atom. The molecule has 0 atom stereocenters. The first-order valence-corrected chi connectivity index (χ1v) is 8.17. The van der Waals surface area contributed by atoms with Gasteiger partial charge in [-0.3, -0.25) is 9.59 Å². The Morgan fingerprint density at radius 2 is 1.75 bits per heavy atom. The average Bonchev–Trinajstić information content (AvgIpc) is 2.58. The Balaban J connectivity index is 1.80. The summed E-state index contributed by atoms with van der Waals surface area (Å²) in [7, 11) is 1.61. The van der Waals surface area contributed by atoms with Gasteiger partial charge in [0.25, 0.3) is 5.91 Å². The number of carbonyl (C=O) groups is 2. The number of carbonyl (C=O) groups excluding carboxylic acids is 2. The highest BCUT2D eigenvalue weighted by Crippen LogP contribution is 2.25. The highest BCUT2D eigenvalue weighted by atomic mass is 35.5. The second kappa shape index (κ2) is 8.71. The molecule has 6 heteroatoms. The second-order valence-electron chi connectivity index (χ2n) is 5.21. The van der Waals surface area contributed by atoms with E-state index in [1.807, 2.05) is 24.3 Å². The fourth-order valence-electron chi connectivity index (χ4n) is 2.13. The van der Waals surface area contributed by atoms with Gasteiger partial charge in [-0.25, -0.2) is 0 Å². The quantitative estimate of drug-likeness (QED) is 0.733. The Kier molecular flexibility index (Phi) is 6.64. The van der Waals surface area contributed by atoms with E-state index in [2.05, 4.69) is 5.32 Å². The summed E-state index contributed by atoms with van der Waals surface area (Å²) in [6, 6.07) is 12.3. The molecule has 0 spiro atoms. The third kappa shape index (κ3) is 5.25. The molecule has 2 aromatic rings. The minimum Gasteiger partial charge on any atom is -0.497 e. The molecule has 0 aliphatic carbocycles. The molecule has 126 valence electrons. The van der Waals surface area contributed by atoms with Gasteiger partial charge in [0.1, 0.15) is 5.75 Å². The summed E-state index contributed by atoms with van der Waals surface area (Å²) in [6.45, 7) is 0. The van der Waals surface area contributed by atoms with Crippen LogP contribution in [-0.4, -0.2) is 18.8 Å². The van der Waals surface area contributed by atoms with Gasteiger partial charge in [-0.1, -0.05) is 35.3 Å². The zero-order valence-corrected chi connectivity index (χ0v) is 14.7. The van der Waals surface area contributed by atoms with E-state index < -0.39 is 11.7 Å². The number of halogens is 2. The van der Waals surface area contributed by atoms with Crippen molar-refractivity contribution in [2.24, 2.45) is 0 Å². The molecule has 0 aromatic heterocycles. The van der Waals surface area contributed by atoms with Gasteiger partial charge in [0.05, 0.1) is 17.2 Å². The molecule has 0 aliphatic rings. The molecular weight excluding hydrogens is 349 g/mol. The summed E-state index contributed by atoms with van der Waals surface area (Å²) >= 11 is 11.7. The fraction of sp³-hybridized carbons (Fsp3) is 0.222. The van der Waals surface area contributed by atoms with Crippen LogP contribution in [0.15, 0.2) is 42.5 Å². The maximum Gasteiger partial charge on any atom is 0.291 e. The van der Waals surface area contributed by atoms with Gasteiger partial charge in [0, 0.05) is 12.1 Å². The Bertz CT molecular complexity index is 730. The molecular formula is C18H17Cl2NO3. The molecule has 0 aliphatic heterocycles. The highest BCUT2D eigenvalue weighted by molar-refractivity contribution is 6.43. The molecule has 1 amide bonds. The van der Waals surface area contributed by atoms with Crippen molar-refractivity contribution in [3.8, 4) is 5.75 Å². The maximum absolute atomic E-state index is 11.9. The molecule has 0 radical (unpaired) electrons. The molecule has 0 saturated carbocycles. The number of anilines is 1. The van der Waals surface area contributed by atoms with E-state index in [1.165, 1.54) is 6.07 Å². The standard InChI is InChI=1S/C18H17Cl2NO3/c1-24-14-8-5-12(6-9-14)3-2-4-17(22)18(23)21-13-7-10-15(19)16(20)11-13/h5-11H,2-4H2,1H3,(H,21,23). The molecule has 0 saturated heterocycles. The number of hydrogen-bond acceptors (Lipinski definition) is 3. The van der Waals surface area contributed by atoms with E-state index in [-0.39, 0.29) is 6.42 Å². The number of ketones is 1. The van der Waals surface area contributed by atoms with Crippen LogP contribution in [0.3, 0.4) is 0 Å². The number of hydrogen-bond donors (Lipinski definition) is 1. The first-order valence-electron chi connectivity index (χ1n) is 7.42. The van der Waals surface area contributed by atoms with E-state index in [4.69, 9.17) is 27.9 Å². The largest absolute Gasteiger partial charge is 0.497 e. The number of amides is 1. The van der Waals surface area contributed by atoms with Crippen molar-refractivity contribution < 1.29 is 14.3 Å². The highest BCUT2D eigenvalue weighted by Gasteiger charge is 2.14. The second-order valence-corrected chi connectivity index (χ2v) is 6.02. The molecule has 0 fully saturated rings. The molecule has 0 heterocycles. The summed E-state index contributed by atoms with van der Waals surface area (Å²) in [5.74, 6) is -0.325. The molecule has 24 heavy (non-hydrogen) atoms. The van der Waals surface area contributed by atoms with Gasteiger partial charge in [-0.15, -0.1) is 0 Å². The number of Topliss-reactive ketones (excluding diaryl/α,β-unsaturated/α-hetero) is 1. The van der Waals surface area contributed by atoms with E-state index in [1.54, 1.807) is 19.2 Å². The van der Waals surface area contributed by atoms with Gasteiger partial charge in [0.2, 0.25) is 5.78 Å². The molecule has 0 bridgehead atoms. The van der Waals surface area contributed by atoms with Crippen LogP contribution < -0.4 is 10.1 Å². The summed E-state index contributed by atoms with van der Waals surface area (Å²) < 4.78 is 5.09. The predicted molar refractivity (Wildman–Crippen MR) is 96.0 cm³/mol. The van der Waals surface area contributed by atoms with Crippen LogP contribution in [0.1, 0.15) is 18.4 Å². The van der Waals surface area contributed by atoms with Crippen molar-refractivity contribution in [1.82, 2.24) is 0 Å². The van der Waals surface area contributed by atoms with Gasteiger partial charge in [-0.05, 0) is 48.7 Å². The van der Waals surface area contributed by atoms with Crippen molar-refractivity contribution >= 4 is 40.6 Å². The SMILES string of the molecule is COc1ccc(CCCC(=O)C(=O)Nc2ccc(Cl)c(Cl)c2)cc1. The zero-order valence-electron chi connectivity index (χ0n) is 13.1. The minimum atomic E-state index is -0.650. The molecule has 4 nitrogen and oxygen atoms in total. The Hall–Kier alpha value is -2.04. The first-order chi connectivity index (χ1) is 11.5. The minimum absolute atomic E-state index is 0.180. The molecule has 2 rings (SSSR count). The van der Waals surface area contributed by atoms with Crippen molar-refractivity contribution in [3.63, 3.8) is 0 Å². The number of methoxy groups -OCH3 is 1. The number of rotatable bonds is 7. The van der Waals surface area contributed by atoms with Gasteiger partial charge in [0.15, 0.2) is 0 Å². The van der Waals surface area contributed by atoms with Crippen LogP contribution in [0.5, 0.6) is 5.75 Å². The van der Waals surface area contributed by atoms with Crippen LogP contribution in [-0.2, 0) is 16.0 Å². The summed E-state index contributed by atoms with van der Waals surface area (Å²) in [6.07, 6.45) is 1.49. The Morgan fingerprint density at radius 3 is 2.38 bits per heavy atom. The van der Waals surface area contributed by atoms with Gasteiger partial charge < -0.3 is 10.1 Å². The lowest BCUT2D eigenvalue weighted by Gasteiger charge is -2.06. The third-order valence-corrected chi connectivity index (χ3v) is 4.20. The van der Waals surface area contributed by atoms with E-state index in [0.29, 0.717) is 22.2 Å². The number of aryl methyl sites for hydroxylation is 1. The maximum atomic E-state index is 11.9. The van der Waals surface area contributed by atoms with Crippen LogP contribution in [0.4, 0.5) is 5.69 Å². The van der Waals surface area contributed by atoms with Crippen molar-refractivity contribution in [2.75, 3.05) is 12.4 Å². The fourth-order valence-corrected chi connectivity index (χ4v) is 2.43. The first kappa shape index (κ1) is 18.3. The summed E-state index contributed by atoms with van der Waals surface area (Å²) in [5, 5.41) is 3.24. The predicted octanol–water partition coefficient (Wildman–Crippen LogP) is 4.53. The Labute approximate surface area is 150 Å². The van der Waals surface area contributed by atoms with Gasteiger partial charge in [-0.2, -0.15) is 0 Å². The van der Waals surface area contributed by atoms with E-state index in [0.717, 1.165) is 17.7 Å². The normalized spacial score (nSPS) is 10.3. The van der Waals surface area contributed by atoms with E-state index in [9.17, 15) is 9.59 Å². The smallest absolute Gasteiger partial charge is 0.291 e. The topological polar surface area (TPSA) is 55.4 Å². The van der Waals surface area contributed by atoms with Crippen molar-refractivity contribution in [3.05, 3.63) is 58.1 Å². The molecule has 1 N–H and O–H groups in total. The average molecular weight is 366 g/mol. The van der Waals surface area contributed by atoms with Crippen LogP contribution in [0.25, 0.3) is 0 Å². The number of nitrogens with one attached hydrogen (secondary N) is 1. The van der Waals surface area contributed by atoms with E-state index >= 15 is 0 Å². The number of benzene rings is 2. The van der Waals surface area contributed by atoms with Crippen LogP contribution in [0, 0.1) is 0 Å². The van der Waals surface area contributed by atoms with Crippen molar-refractivity contribution in [1.29, 1.82) is 0 Å². The zero-order chi connectivity index (χ0) is 17.5. The van der Waals surface area contributed by atoms with Gasteiger partial charge >= 0.3 is 0 Å². The lowest BCUT2D eigenvalue weighted by atomic mass is 10.1. The van der Waals surface area contributed by atoms with Crippen molar-refractivity contribution in [2.45, 2.75) is 19.3 Å². The summed E-state index contributed by atoms with van der Waals surface area (Å²) in [4.78, 5) is 23.8. The summed E-state index contributed by atoms with van der Waals surface area (Å²) in [5.41, 5.74) is 1.53.